The Morgan fingerprint density at radius 3 is 2.56 bits per heavy atom. The zero-order valence-electron chi connectivity index (χ0n) is 10.8. The summed E-state index contributed by atoms with van der Waals surface area (Å²) < 4.78 is 34.7. The number of benzene rings is 1. The Morgan fingerprint density at radius 2 is 1.94 bits per heavy atom. The lowest BCUT2D eigenvalue weighted by Gasteiger charge is -2.15. The fourth-order valence-electron chi connectivity index (χ4n) is 1.96. The molecule has 0 fully saturated rings. The van der Waals surface area contributed by atoms with E-state index in [4.69, 9.17) is 4.55 Å². The van der Waals surface area contributed by atoms with E-state index in [1.807, 2.05) is 24.3 Å². The summed E-state index contributed by atoms with van der Waals surface area (Å²) in [5.74, 6) is 0. The molecule has 1 N–H and O–H groups in total. The molecule has 0 saturated heterocycles. The van der Waals surface area contributed by atoms with Crippen molar-refractivity contribution in [3.8, 4) is 0 Å². The molecule has 0 saturated carbocycles. The maximum atomic E-state index is 10.7. The highest BCUT2D eigenvalue weighted by Crippen LogP contribution is 2.24. The van der Waals surface area contributed by atoms with Crippen LogP contribution in [0.2, 0.25) is 0 Å². The largest absolute Gasteiger partial charge is 0.397 e. The van der Waals surface area contributed by atoms with Gasteiger partial charge in [-0.15, -0.1) is 0 Å². The van der Waals surface area contributed by atoms with Crippen LogP contribution in [0.4, 0.5) is 0 Å². The number of hydrogen-bond acceptors (Lipinski definition) is 3. The van der Waals surface area contributed by atoms with Crippen molar-refractivity contribution in [3.05, 3.63) is 35.4 Å². The smallest absolute Gasteiger partial charge is 0.264 e. The fourth-order valence-corrected chi connectivity index (χ4v) is 2.43. The van der Waals surface area contributed by atoms with Gasteiger partial charge < -0.3 is 0 Å². The highest BCUT2D eigenvalue weighted by molar-refractivity contribution is 7.80. The van der Waals surface area contributed by atoms with Gasteiger partial charge in [-0.1, -0.05) is 44.0 Å². The molecule has 0 radical (unpaired) electrons. The molecule has 0 amide bonds. The van der Waals surface area contributed by atoms with Gasteiger partial charge in [0.15, 0.2) is 0 Å². The fraction of sp³-hybridized carbons (Fsp3) is 0.538. The first-order chi connectivity index (χ1) is 8.44. The molecule has 0 aromatic heterocycles. The van der Waals surface area contributed by atoms with Gasteiger partial charge in [0, 0.05) is 0 Å². The summed E-state index contributed by atoms with van der Waals surface area (Å²) in [5.41, 5.74) is 1.88. The molecule has 0 aliphatic rings. The molecule has 1 unspecified atom stereocenters. The lowest BCUT2D eigenvalue weighted by Crippen LogP contribution is -2.10. The Kier molecular flexibility index (Phi) is 5.78. The van der Waals surface area contributed by atoms with Crippen molar-refractivity contribution in [2.45, 2.75) is 45.6 Å². The molecule has 4 nitrogen and oxygen atoms in total. The molecule has 0 spiro atoms. The third-order valence-electron chi connectivity index (χ3n) is 2.81. The van der Waals surface area contributed by atoms with Crippen molar-refractivity contribution < 1.29 is 17.2 Å². The number of rotatable bonds is 7. The van der Waals surface area contributed by atoms with E-state index in [1.165, 1.54) is 0 Å². The molecule has 18 heavy (non-hydrogen) atoms. The SMILES string of the molecule is CCCCCc1ccccc1C(C)OS(=O)(=O)O. The van der Waals surface area contributed by atoms with E-state index in [0.717, 1.165) is 36.8 Å². The summed E-state index contributed by atoms with van der Waals surface area (Å²) in [6, 6.07) is 7.55. The minimum atomic E-state index is -4.41. The van der Waals surface area contributed by atoms with Gasteiger partial charge in [-0.3, -0.25) is 4.55 Å². The van der Waals surface area contributed by atoms with Gasteiger partial charge in [-0.2, -0.15) is 8.42 Å². The Morgan fingerprint density at radius 1 is 1.28 bits per heavy atom. The summed E-state index contributed by atoms with van der Waals surface area (Å²) in [4.78, 5) is 0. The van der Waals surface area contributed by atoms with Crippen molar-refractivity contribution >= 4 is 10.4 Å². The van der Waals surface area contributed by atoms with Crippen LogP contribution in [0.25, 0.3) is 0 Å². The normalized spacial score (nSPS) is 13.5. The van der Waals surface area contributed by atoms with E-state index in [2.05, 4.69) is 11.1 Å². The van der Waals surface area contributed by atoms with Gasteiger partial charge >= 0.3 is 10.4 Å². The predicted molar refractivity (Wildman–Crippen MR) is 70.7 cm³/mol. The number of aryl methyl sites for hydroxylation is 1. The molecule has 0 bridgehead atoms. The van der Waals surface area contributed by atoms with Crippen LogP contribution >= 0.6 is 0 Å². The zero-order chi connectivity index (χ0) is 13.6. The van der Waals surface area contributed by atoms with Crippen LogP contribution in [0.15, 0.2) is 24.3 Å². The molecule has 1 rings (SSSR count). The van der Waals surface area contributed by atoms with Gasteiger partial charge in [0.25, 0.3) is 0 Å². The van der Waals surface area contributed by atoms with Crippen molar-refractivity contribution in [2.24, 2.45) is 0 Å². The van der Waals surface area contributed by atoms with Crippen molar-refractivity contribution in [2.75, 3.05) is 0 Å². The monoisotopic (exact) mass is 272 g/mol. The summed E-state index contributed by atoms with van der Waals surface area (Å²) in [5, 5.41) is 0. The lowest BCUT2D eigenvalue weighted by atomic mass is 9.98. The van der Waals surface area contributed by atoms with E-state index < -0.39 is 16.5 Å². The second-order valence-electron chi connectivity index (χ2n) is 4.32. The third-order valence-corrected chi connectivity index (χ3v) is 3.34. The molecule has 0 aliphatic heterocycles. The first-order valence-corrected chi connectivity index (χ1v) is 7.54. The van der Waals surface area contributed by atoms with Gasteiger partial charge in [0.2, 0.25) is 0 Å². The molecular formula is C13H20O4S. The minimum absolute atomic E-state index is 0.669. The summed E-state index contributed by atoms with van der Waals surface area (Å²) in [6.07, 6.45) is 3.56. The lowest BCUT2D eigenvalue weighted by molar-refractivity contribution is 0.200. The van der Waals surface area contributed by atoms with Crippen molar-refractivity contribution in [1.29, 1.82) is 0 Å². The van der Waals surface area contributed by atoms with E-state index in [1.54, 1.807) is 6.92 Å². The second-order valence-corrected chi connectivity index (χ2v) is 5.37. The van der Waals surface area contributed by atoms with Crippen LogP contribution in [0, 0.1) is 0 Å². The van der Waals surface area contributed by atoms with E-state index in [9.17, 15) is 8.42 Å². The van der Waals surface area contributed by atoms with E-state index in [0.29, 0.717) is 0 Å². The Labute approximate surface area is 109 Å². The molecule has 102 valence electrons. The standard InChI is InChI=1S/C13H20O4S/c1-3-4-5-8-12-9-6-7-10-13(12)11(2)17-18(14,15)16/h6-7,9-11H,3-5,8H2,1-2H3,(H,14,15,16). The predicted octanol–water partition coefficient (Wildman–Crippen LogP) is 3.30. The molecule has 0 heterocycles. The van der Waals surface area contributed by atoms with Crippen LogP contribution in [-0.2, 0) is 21.0 Å². The zero-order valence-corrected chi connectivity index (χ0v) is 11.6. The topological polar surface area (TPSA) is 63.6 Å². The molecule has 1 aromatic carbocycles. The maximum Gasteiger partial charge on any atom is 0.397 e. The minimum Gasteiger partial charge on any atom is -0.264 e. The van der Waals surface area contributed by atoms with Gasteiger partial charge in [-0.25, -0.2) is 4.18 Å². The highest BCUT2D eigenvalue weighted by atomic mass is 32.3. The molecular weight excluding hydrogens is 252 g/mol. The second kappa shape index (κ2) is 6.87. The van der Waals surface area contributed by atoms with Crippen LogP contribution in [0.5, 0.6) is 0 Å². The summed E-state index contributed by atoms with van der Waals surface area (Å²) in [7, 11) is -4.41. The average molecular weight is 272 g/mol. The Balaban J connectivity index is 2.80. The maximum absolute atomic E-state index is 10.7. The summed E-state index contributed by atoms with van der Waals surface area (Å²) in [6.45, 7) is 3.75. The quantitative estimate of drug-likeness (QED) is 0.611. The molecule has 1 aromatic rings. The first kappa shape index (κ1) is 15.1. The van der Waals surface area contributed by atoms with E-state index in [-0.39, 0.29) is 0 Å². The van der Waals surface area contributed by atoms with Gasteiger partial charge in [-0.05, 0) is 30.9 Å². The van der Waals surface area contributed by atoms with Crippen LogP contribution in [0.1, 0.15) is 50.3 Å². The highest BCUT2D eigenvalue weighted by Gasteiger charge is 2.16. The Hall–Kier alpha value is -0.910. The van der Waals surface area contributed by atoms with Crippen molar-refractivity contribution in [1.82, 2.24) is 0 Å². The first-order valence-electron chi connectivity index (χ1n) is 6.17. The van der Waals surface area contributed by atoms with Gasteiger partial charge in [0.05, 0.1) is 0 Å². The van der Waals surface area contributed by atoms with Crippen LogP contribution < -0.4 is 0 Å². The van der Waals surface area contributed by atoms with Crippen LogP contribution in [0.3, 0.4) is 0 Å². The molecule has 5 heteroatoms. The third kappa shape index (κ3) is 5.16. The van der Waals surface area contributed by atoms with Crippen molar-refractivity contribution in [3.63, 3.8) is 0 Å². The summed E-state index contributed by atoms with van der Waals surface area (Å²) >= 11 is 0. The Bertz CT molecular complexity index is 468. The van der Waals surface area contributed by atoms with Crippen LogP contribution in [-0.4, -0.2) is 13.0 Å². The number of unbranched alkanes of at least 4 members (excludes halogenated alkanes) is 2. The molecule has 0 aliphatic carbocycles. The average Bonchev–Trinajstić information content (AvgIpc) is 2.27. The van der Waals surface area contributed by atoms with E-state index >= 15 is 0 Å². The van der Waals surface area contributed by atoms with Gasteiger partial charge in [0.1, 0.15) is 6.10 Å². The molecule has 1 atom stereocenters. The number of hydrogen-bond donors (Lipinski definition) is 1.